The minimum Gasteiger partial charge on any atom is -0.465 e. The zero-order valence-corrected chi connectivity index (χ0v) is 10.8. The molecule has 1 unspecified atom stereocenters. The van der Waals surface area contributed by atoms with Crippen molar-refractivity contribution in [2.45, 2.75) is 6.10 Å². The van der Waals surface area contributed by atoms with Crippen molar-refractivity contribution < 1.29 is 19.0 Å². The highest BCUT2D eigenvalue weighted by Gasteiger charge is 2.09. The number of anilines is 1. The molecule has 1 aromatic heterocycles. The van der Waals surface area contributed by atoms with E-state index in [0.717, 1.165) is 0 Å². The Bertz CT molecular complexity index is 384. The number of hydrogen-bond acceptors (Lipinski definition) is 6. The first-order valence-electron chi connectivity index (χ1n) is 5.51. The Morgan fingerprint density at radius 2 is 2.22 bits per heavy atom. The van der Waals surface area contributed by atoms with Gasteiger partial charge in [0.15, 0.2) is 0 Å². The Hall–Kier alpha value is -1.66. The second-order valence-electron chi connectivity index (χ2n) is 3.62. The van der Waals surface area contributed by atoms with Crippen LogP contribution in [0.25, 0.3) is 0 Å². The number of carbonyl (C=O) groups excluding carboxylic acids is 1. The van der Waals surface area contributed by atoms with Gasteiger partial charge in [-0.15, -0.1) is 0 Å². The zero-order chi connectivity index (χ0) is 13.4. The van der Waals surface area contributed by atoms with Gasteiger partial charge in [0.2, 0.25) is 0 Å². The fourth-order valence-electron chi connectivity index (χ4n) is 1.39. The van der Waals surface area contributed by atoms with E-state index in [0.29, 0.717) is 24.5 Å². The molecule has 0 aliphatic carbocycles. The topological polar surface area (TPSA) is 69.7 Å². The van der Waals surface area contributed by atoms with Crippen LogP contribution in [0.5, 0.6) is 0 Å². The smallest absolute Gasteiger partial charge is 0.338 e. The number of nitrogens with zero attached hydrogens (tertiary/aromatic N) is 1. The summed E-state index contributed by atoms with van der Waals surface area (Å²) in [5.41, 5.74) is 0.454. The van der Waals surface area contributed by atoms with Crippen LogP contribution in [0.2, 0.25) is 0 Å². The van der Waals surface area contributed by atoms with Crippen molar-refractivity contribution in [3.05, 3.63) is 23.9 Å². The summed E-state index contributed by atoms with van der Waals surface area (Å²) in [7, 11) is 4.57. The lowest BCUT2D eigenvalue weighted by molar-refractivity contribution is 0.0365. The highest BCUT2D eigenvalue weighted by Crippen LogP contribution is 2.08. The summed E-state index contributed by atoms with van der Waals surface area (Å²) in [5.74, 6) is 0.205. The molecule has 100 valence electrons. The Balaban J connectivity index is 2.59. The molecule has 0 aliphatic rings. The lowest BCUT2D eigenvalue weighted by Gasteiger charge is -2.15. The Morgan fingerprint density at radius 1 is 1.44 bits per heavy atom. The molecule has 0 amide bonds. The van der Waals surface area contributed by atoms with Crippen LogP contribution in [0.1, 0.15) is 10.4 Å². The maximum Gasteiger partial charge on any atom is 0.338 e. The number of hydrogen-bond donors (Lipinski definition) is 1. The van der Waals surface area contributed by atoms with Crippen molar-refractivity contribution in [2.24, 2.45) is 0 Å². The number of rotatable bonds is 7. The Kier molecular flexibility index (Phi) is 6.10. The van der Waals surface area contributed by atoms with Crippen molar-refractivity contribution in [1.29, 1.82) is 0 Å². The summed E-state index contributed by atoms with van der Waals surface area (Å²) in [6.07, 6.45) is 1.48. The fourth-order valence-corrected chi connectivity index (χ4v) is 1.39. The molecule has 0 spiro atoms. The van der Waals surface area contributed by atoms with Gasteiger partial charge in [-0.05, 0) is 12.1 Å². The normalized spacial score (nSPS) is 11.9. The average molecular weight is 254 g/mol. The standard InChI is InChI=1S/C12H18N2O4/c1-16-8-10(17-2)7-14-11-6-9(4-5-13-11)12(15)18-3/h4-6,10H,7-8H2,1-3H3,(H,13,14). The van der Waals surface area contributed by atoms with Gasteiger partial charge in [-0.25, -0.2) is 9.78 Å². The van der Waals surface area contributed by atoms with E-state index in [9.17, 15) is 4.79 Å². The number of methoxy groups -OCH3 is 3. The van der Waals surface area contributed by atoms with Crippen LogP contribution in [0.4, 0.5) is 5.82 Å². The second kappa shape index (κ2) is 7.62. The highest BCUT2D eigenvalue weighted by atomic mass is 16.5. The van der Waals surface area contributed by atoms with Crippen molar-refractivity contribution in [2.75, 3.05) is 39.8 Å². The molecule has 1 rings (SSSR count). The molecular formula is C12H18N2O4. The molecule has 6 heteroatoms. The molecular weight excluding hydrogens is 236 g/mol. The summed E-state index contributed by atoms with van der Waals surface area (Å²) >= 11 is 0. The third-order valence-corrected chi connectivity index (χ3v) is 2.38. The van der Waals surface area contributed by atoms with Crippen LogP contribution in [-0.2, 0) is 14.2 Å². The Morgan fingerprint density at radius 3 is 2.83 bits per heavy atom. The lowest BCUT2D eigenvalue weighted by Crippen LogP contribution is -2.26. The second-order valence-corrected chi connectivity index (χ2v) is 3.62. The molecule has 0 saturated carbocycles. The molecule has 1 atom stereocenters. The molecule has 1 heterocycles. The van der Waals surface area contributed by atoms with Gasteiger partial charge in [-0.3, -0.25) is 0 Å². The van der Waals surface area contributed by atoms with E-state index < -0.39 is 0 Å². The number of nitrogens with one attached hydrogen (secondary N) is 1. The van der Waals surface area contributed by atoms with Crippen molar-refractivity contribution in [3.63, 3.8) is 0 Å². The minimum absolute atomic E-state index is 0.0708. The van der Waals surface area contributed by atoms with Crippen LogP contribution in [-0.4, -0.2) is 51.5 Å². The van der Waals surface area contributed by atoms with E-state index in [4.69, 9.17) is 9.47 Å². The predicted octanol–water partition coefficient (Wildman–Crippen LogP) is 0.941. The molecule has 6 nitrogen and oxygen atoms in total. The van der Waals surface area contributed by atoms with E-state index in [1.165, 1.54) is 7.11 Å². The van der Waals surface area contributed by atoms with Crippen LogP contribution in [0, 0.1) is 0 Å². The first-order chi connectivity index (χ1) is 8.71. The SMILES string of the molecule is COCC(CNc1cc(C(=O)OC)ccn1)OC. The van der Waals surface area contributed by atoms with E-state index >= 15 is 0 Å². The highest BCUT2D eigenvalue weighted by molar-refractivity contribution is 5.89. The lowest BCUT2D eigenvalue weighted by atomic mass is 10.2. The van der Waals surface area contributed by atoms with Crippen molar-refractivity contribution in [1.82, 2.24) is 4.98 Å². The first kappa shape index (κ1) is 14.4. The minimum atomic E-state index is -0.388. The van der Waals surface area contributed by atoms with Gasteiger partial charge in [0.25, 0.3) is 0 Å². The molecule has 1 aromatic rings. The monoisotopic (exact) mass is 254 g/mol. The molecule has 0 aliphatic heterocycles. The number of esters is 1. The third-order valence-electron chi connectivity index (χ3n) is 2.38. The number of ether oxygens (including phenoxy) is 3. The molecule has 1 N–H and O–H groups in total. The summed E-state index contributed by atoms with van der Waals surface area (Å²) in [6, 6.07) is 3.23. The predicted molar refractivity (Wildman–Crippen MR) is 66.7 cm³/mol. The Labute approximate surface area is 106 Å². The van der Waals surface area contributed by atoms with E-state index in [1.54, 1.807) is 32.5 Å². The average Bonchev–Trinajstić information content (AvgIpc) is 2.42. The molecule has 0 aromatic carbocycles. The van der Waals surface area contributed by atoms with Gasteiger partial charge in [-0.1, -0.05) is 0 Å². The maximum absolute atomic E-state index is 11.3. The van der Waals surface area contributed by atoms with E-state index in [-0.39, 0.29) is 12.1 Å². The van der Waals surface area contributed by atoms with Gasteiger partial charge in [0, 0.05) is 27.0 Å². The summed E-state index contributed by atoms with van der Waals surface area (Å²) in [4.78, 5) is 15.4. The largest absolute Gasteiger partial charge is 0.465 e. The summed E-state index contributed by atoms with van der Waals surface area (Å²) in [6.45, 7) is 1.03. The third kappa shape index (κ3) is 4.31. The molecule has 0 radical (unpaired) electrons. The van der Waals surface area contributed by atoms with Crippen LogP contribution < -0.4 is 5.32 Å². The molecule has 0 fully saturated rings. The summed E-state index contributed by atoms with van der Waals surface area (Å²) < 4.78 is 14.8. The van der Waals surface area contributed by atoms with Gasteiger partial charge in [-0.2, -0.15) is 0 Å². The quantitative estimate of drug-likeness (QED) is 0.730. The van der Waals surface area contributed by atoms with Crippen molar-refractivity contribution >= 4 is 11.8 Å². The fraction of sp³-hybridized carbons (Fsp3) is 0.500. The first-order valence-corrected chi connectivity index (χ1v) is 5.51. The molecule has 0 saturated heterocycles. The number of carbonyl (C=O) groups is 1. The van der Waals surface area contributed by atoms with Gasteiger partial charge >= 0.3 is 5.97 Å². The zero-order valence-electron chi connectivity index (χ0n) is 10.8. The maximum atomic E-state index is 11.3. The van der Waals surface area contributed by atoms with Gasteiger partial charge in [0.05, 0.1) is 25.4 Å². The number of pyridine rings is 1. The van der Waals surface area contributed by atoms with Crippen molar-refractivity contribution in [3.8, 4) is 0 Å². The number of aromatic nitrogens is 1. The van der Waals surface area contributed by atoms with Gasteiger partial charge in [0.1, 0.15) is 5.82 Å². The summed E-state index contributed by atoms with van der Waals surface area (Å²) in [5, 5.41) is 3.08. The van der Waals surface area contributed by atoms with Crippen LogP contribution in [0.15, 0.2) is 18.3 Å². The molecule has 18 heavy (non-hydrogen) atoms. The van der Waals surface area contributed by atoms with Crippen LogP contribution >= 0.6 is 0 Å². The van der Waals surface area contributed by atoms with Crippen LogP contribution in [0.3, 0.4) is 0 Å². The van der Waals surface area contributed by atoms with E-state index in [1.807, 2.05) is 0 Å². The van der Waals surface area contributed by atoms with Gasteiger partial charge < -0.3 is 19.5 Å². The molecule has 0 bridgehead atoms. The van der Waals surface area contributed by atoms with E-state index in [2.05, 4.69) is 15.0 Å².